The van der Waals surface area contributed by atoms with E-state index in [1.54, 1.807) is 0 Å². The SMILES string of the molecule is Cc1ccc(Cl)c(-c2nc3c(N4CCOCC4C)nc(N4CCOCC4)nc3[nH]2)c1. The first-order valence-electron chi connectivity index (χ1n) is 10.3. The van der Waals surface area contributed by atoms with Gasteiger partial charge in [0.25, 0.3) is 0 Å². The van der Waals surface area contributed by atoms with E-state index in [0.717, 1.165) is 42.1 Å². The number of anilines is 2. The maximum atomic E-state index is 6.48. The predicted molar refractivity (Wildman–Crippen MR) is 118 cm³/mol. The number of aromatic amines is 1. The zero-order valence-electron chi connectivity index (χ0n) is 17.2. The van der Waals surface area contributed by atoms with E-state index < -0.39 is 0 Å². The molecular weight excluding hydrogens is 404 g/mol. The van der Waals surface area contributed by atoms with Crippen molar-refractivity contribution in [1.82, 2.24) is 19.9 Å². The zero-order chi connectivity index (χ0) is 20.7. The molecule has 2 aromatic heterocycles. The minimum atomic E-state index is 0.206. The molecule has 158 valence electrons. The Morgan fingerprint density at radius 1 is 1.07 bits per heavy atom. The fraction of sp³-hybridized carbons (Fsp3) is 0.476. The van der Waals surface area contributed by atoms with E-state index in [1.807, 2.05) is 25.1 Å². The molecule has 9 heteroatoms. The van der Waals surface area contributed by atoms with Gasteiger partial charge in [-0.1, -0.05) is 23.2 Å². The molecule has 1 aromatic carbocycles. The summed E-state index contributed by atoms with van der Waals surface area (Å²) in [5.74, 6) is 2.24. The lowest BCUT2D eigenvalue weighted by Gasteiger charge is -2.35. The summed E-state index contributed by atoms with van der Waals surface area (Å²) in [6.45, 7) is 9.19. The Labute approximate surface area is 180 Å². The van der Waals surface area contributed by atoms with Crippen molar-refractivity contribution >= 4 is 34.5 Å². The molecule has 1 atom stereocenters. The fourth-order valence-electron chi connectivity index (χ4n) is 3.97. The van der Waals surface area contributed by atoms with Crippen molar-refractivity contribution < 1.29 is 9.47 Å². The Morgan fingerprint density at radius 3 is 2.67 bits per heavy atom. The molecule has 0 spiro atoms. The fourth-order valence-corrected chi connectivity index (χ4v) is 4.18. The number of hydrogen-bond acceptors (Lipinski definition) is 7. The summed E-state index contributed by atoms with van der Waals surface area (Å²) < 4.78 is 11.1. The van der Waals surface area contributed by atoms with Crippen molar-refractivity contribution in [2.45, 2.75) is 19.9 Å². The Hall–Kier alpha value is -2.42. The highest BCUT2D eigenvalue weighted by Crippen LogP contribution is 2.33. The molecule has 0 bridgehead atoms. The summed E-state index contributed by atoms with van der Waals surface area (Å²) in [6, 6.07) is 6.13. The quantitative estimate of drug-likeness (QED) is 0.686. The van der Waals surface area contributed by atoms with Crippen molar-refractivity contribution in [2.24, 2.45) is 0 Å². The summed E-state index contributed by atoms with van der Waals surface area (Å²) in [6.07, 6.45) is 0. The van der Waals surface area contributed by atoms with Crippen LogP contribution in [0, 0.1) is 6.92 Å². The summed E-state index contributed by atoms with van der Waals surface area (Å²) in [5.41, 5.74) is 3.46. The van der Waals surface area contributed by atoms with Crippen molar-refractivity contribution in [1.29, 1.82) is 0 Å². The molecular formula is C21H25ClN6O2. The van der Waals surface area contributed by atoms with E-state index in [1.165, 1.54) is 0 Å². The van der Waals surface area contributed by atoms with Gasteiger partial charge in [-0.25, -0.2) is 4.98 Å². The lowest BCUT2D eigenvalue weighted by molar-refractivity contribution is 0.0986. The Morgan fingerprint density at radius 2 is 1.87 bits per heavy atom. The number of fused-ring (bicyclic) bond motifs is 1. The maximum Gasteiger partial charge on any atom is 0.229 e. The summed E-state index contributed by atoms with van der Waals surface area (Å²) in [5, 5.41) is 0.655. The molecule has 1 N–H and O–H groups in total. The minimum absolute atomic E-state index is 0.206. The van der Waals surface area contributed by atoms with Crippen LogP contribution in [0.2, 0.25) is 5.02 Å². The van der Waals surface area contributed by atoms with Crippen molar-refractivity contribution in [2.75, 3.05) is 55.9 Å². The van der Waals surface area contributed by atoms with Crippen LogP contribution in [-0.4, -0.2) is 72.0 Å². The number of hydrogen-bond donors (Lipinski definition) is 1. The number of H-pyrrole nitrogens is 1. The first-order chi connectivity index (χ1) is 14.6. The molecule has 30 heavy (non-hydrogen) atoms. The van der Waals surface area contributed by atoms with E-state index in [2.05, 4.69) is 21.7 Å². The van der Waals surface area contributed by atoms with Crippen LogP contribution in [0.3, 0.4) is 0 Å². The van der Waals surface area contributed by atoms with Gasteiger partial charge in [-0.2, -0.15) is 9.97 Å². The van der Waals surface area contributed by atoms with Gasteiger partial charge in [0.1, 0.15) is 5.82 Å². The lowest BCUT2D eigenvalue weighted by atomic mass is 10.1. The molecule has 0 amide bonds. The number of imidazole rings is 1. The Balaban J connectivity index is 1.66. The van der Waals surface area contributed by atoms with Gasteiger partial charge in [0.05, 0.1) is 37.5 Å². The van der Waals surface area contributed by atoms with Gasteiger partial charge in [0.2, 0.25) is 5.95 Å². The third-order valence-corrected chi connectivity index (χ3v) is 5.95. The van der Waals surface area contributed by atoms with E-state index in [-0.39, 0.29) is 6.04 Å². The van der Waals surface area contributed by atoms with Gasteiger partial charge < -0.3 is 24.3 Å². The van der Waals surface area contributed by atoms with Gasteiger partial charge in [-0.15, -0.1) is 0 Å². The summed E-state index contributed by atoms with van der Waals surface area (Å²) in [4.78, 5) is 22.5. The first kappa shape index (κ1) is 19.5. The topological polar surface area (TPSA) is 79.4 Å². The number of rotatable bonds is 3. The second kappa shape index (κ2) is 8.02. The molecule has 2 saturated heterocycles. The van der Waals surface area contributed by atoms with E-state index in [9.17, 15) is 0 Å². The molecule has 8 nitrogen and oxygen atoms in total. The van der Waals surface area contributed by atoms with Crippen LogP contribution in [0.4, 0.5) is 11.8 Å². The number of halogens is 1. The predicted octanol–water partition coefficient (Wildman–Crippen LogP) is 3.04. The maximum absolute atomic E-state index is 6.48. The molecule has 4 heterocycles. The van der Waals surface area contributed by atoms with E-state index in [4.69, 9.17) is 36.0 Å². The van der Waals surface area contributed by atoms with Gasteiger partial charge in [0.15, 0.2) is 17.0 Å². The van der Waals surface area contributed by atoms with Crippen LogP contribution in [0.1, 0.15) is 12.5 Å². The summed E-state index contributed by atoms with van der Waals surface area (Å²) >= 11 is 6.48. The average Bonchev–Trinajstić information content (AvgIpc) is 3.20. The number of ether oxygens (including phenoxy) is 2. The number of nitrogens with one attached hydrogen (secondary N) is 1. The monoisotopic (exact) mass is 428 g/mol. The van der Waals surface area contributed by atoms with Crippen LogP contribution >= 0.6 is 11.6 Å². The molecule has 1 unspecified atom stereocenters. The molecule has 2 aliphatic rings. The third kappa shape index (κ3) is 3.59. The Kier molecular flexibility index (Phi) is 5.22. The van der Waals surface area contributed by atoms with E-state index >= 15 is 0 Å². The lowest BCUT2D eigenvalue weighted by Crippen LogP contribution is -2.44. The zero-order valence-corrected chi connectivity index (χ0v) is 17.9. The molecule has 3 aromatic rings. The molecule has 0 aliphatic carbocycles. The van der Waals surface area contributed by atoms with Gasteiger partial charge >= 0.3 is 0 Å². The third-order valence-electron chi connectivity index (χ3n) is 5.62. The van der Waals surface area contributed by atoms with Crippen LogP contribution in [0.15, 0.2) is 18.2 Å². The molecule has 0 radical (unpaired) electrons. The van der Waals surface area contributed by atoms with Crippen LogP contribution in [-0.2, 0) is 9.47 Å². The van der Waals surface area contributed by atoms with Crippen molar-refractivity contribution in [3.05, 3.63) is 28.8 Å². The van der Waals surface area contributed by atoms with Crippen molar-refractivity contribution in [3.63, 3.8) is 0 Å². The molecule has 0 saturated carbocycles. The van der Waals surface area contributed by atoms with Crippen molar-refractivity contribution in [3.8, 4) is 11.4 Å². The number of nitrogens with zero attached hydrogens (tertiary/aromatic N) is 5. The van der Waals surface area contributed by atoms with Crippen LogP contribution in [0.25, 0.3) is 22.6 Å². The number of benzene rings is 1. The largest absolute Gasteiger partial charge is 0.378 e. The normalized spacial score (nSPS) is 20.2. The first-order valence-corrected chi connectivity index (χ1v) is 10.7. The van der Waals surface area contributed by atoms with E-state index in [0.29, 0.717) is 48.9 Å². The van der Waals surface area contributed by atoms with Gasteiger partial charge in [0, 0.05) is 25.2 Å². The molecule has 2 fully saturated rings. The highest BCUT2D eigenvalue weighted by molar-refractivity contribution is 6.33. The number of morpholine rings is 2. The van der Waals surface area contributed by atoms with Crippen LogP contribution in [0.5, 0.6) is 0 Å². The molecule has 2 aliphatic heterocycles. The van der Waals surface area contributed by atoms with Gasteiger partial charge in [-0.05, 0) is 26.0 Å². The summed E-state index contributed by atoms with van der Waals surface area (Å²) in [7, 11) is 0. The standard InChI is InChI=1S/C21H25ClN6O2/c1-13-3-4-16(22)15(11-13)18-23-17-19(24-18)25-21(27-5-8-29-9-6-27)26-20(17)28-7-10-30-12-14(28)2/h3-4,11,14H,5-10,12H2,1-2H3,(H,23,24,25,26). The van der Waals surface area contributed by atoms with Crippen LogP contribution < -0.4 is 9.80 Å². The highest BCUT2D eigenvalue weighted by atomic mass is 35.5. The number of aryl methyl sites for hydroxylation is 1. The Bertz CT molecular complexity index is 1070. The van der Waals surface area contributed by atoms with Gasteiger partial charge in [-0.3, -0.25) is 0 Å². The average molecular weight is 429 g/mol. The number of aromatic nitrogens is 4. The second-order valence-corrected chi connectivity index (χ2v) is 8.24. The highest BCUT2D eigenvalue weighted by Gasteiger charge is 2.27. The molecule has 5 rings (SSSR count). The second-order valence-electron chi connectivity index (χ2n) is 7.83. The smallest absolute Gasteiger partial charge is 0.229 e. The minimum Gasteiger partial charge on any atom is -0.378 e.